The Morgan fingerprint density at radius 1 is 1.46 bits per heavy atom. The highest BCUT2D eigenvalue weighted by Gasteiger charge is 2.08. The van der Waals surface area contributed by atoms with Gasteiger partial charge in [0, 0.05) is 10.7 Å². The van der Waals surface area contributed by atoms with Gasteiger partial charge in [-0.25, -0.2) is 12.8 Å². The molecule has 13 heavy (non-hydrogen) atoms. The highest BCUT2D eigenvalue weighted by atomic mass is 35.7. The summed E-state index contributed by atoms with van der Waals surface area (Å²) in [6.07, 6.45) is 0. The number of hydrogen-bond donors (Lipinski definition) is 1. The van der Waals surface area contributed by atoms with Crippen LogP contribution in [0.5, 0.6) is 0 Å². The maximum Gasteiger partial charge on any atom is 0.236 e. The number of nitrogen functional groups attached to an aromatic ring is 1. The minimum absolute atomic E-state index is 0.0854. The van der Waals surface area contributed by atoms with Gasteiger partial charge in [-0.1, -0.05) is 6.07 Å². The van der Waals surface area contributed by atoms with Crippen molar-refractivity contribution < 1.29 is 12.8 Å². The lowest BCUT2D eigenvalue weighted by atomic mass is 10.2. The summed E-state index contributed by atoms with van der Waals surface area (Å²) in [5.41, 5.74) is 5.51. The standard InChI is InChI=1S/C7H7ClFNO2S/c8-13(11,12)4-5-1-2-6(9)7(10)3-5/h1-3H,4,10H2. The van der Waals surface area contributed by atoms with Crippen LogP contribution in [0, 0.1) is 5.82 Å². The van der Waals surface area contributed by atoms with Crippen molar-refractivity contribution in [1.82, 2.24) is 0 Å². The van der Waals surface area contributed by atoms with Crippen LogP contribution in [0.1, 0.15) is 5.56 Å². The minimum Gasteiger partial charge on any atom is -0.396 e. The fraction of sp³-hybridized carbons (Fsp3) is 0.143. The van der Waals surface area contributed by atoms with Crippen molar-refractivity contribution in [1.29, 1.82) is 0 Å². The van der Waals surface area contributed by atoms with E-state index in [-0.39, 0.29) is 11.4 Å². The predicted octanol–water partition coefficient (Wildman–Crippen LogP) is 1.48. The van der Waals surface area contributed by atoms with Gasteiger partial charge < -0.3 is 5.73 Å². The number of anilines is 1. The number of hydrogen-bond acceptors (Lipinski definition) is 3. The van der Waals surface area contributed by atoms with E-state index in [2.05, 4.69) is 0 Å². The molecule has 0 saturated heterocycles. The molecule has 0 aromatic heterocycles. The van der Waals surface area contributed by atoms with Crippen LogP contribution in [0.3, 0.4) is 0 Å². The minimum atomic E-state index is -3.61. The van der Waals surface area contributed by atoms with E-state index in [0.29, 0.717) is 5.56 Å². The van der Waals surface area contributed by atoms with E-state index in [0.717, 1.165) is 6.07 Å². The molecule has 0 saturated carbocycles. The lowest BCUT2D eigenvalue weighted by Gasteiger charge is -2.00. The molecule has 1 rings (SSSR count). The van der Waals surface area contributed by atoms with E-state index < -0.39 is 14.9 Å². The van der Waals surface area contributed by atoms with E-state index in [4.69, 9.17) is 16.4 Å². The molecule has 2 N–H and O–H groups in total. The Balaban J connectivity index is 2.99. The van der Waals surface area contributed by atoms with Crippen molar-refractivity contribution in [2.24, 2.45) is 0 Å². The highest BCUT2D eigenvalue weighted by molar-refractivity contribution is 8.13. The molecule has 0 amide bonds. The molecule has 0 atom stereocenters. The van der Waals surface area contributed by atoms with Gasteiger partial charge in [0.2, 0.25) is 9.05 Å². The molecular formula is C7H7ClFNO2S. The molecule has 0 heterocycles. The Bertz CT molecular complexity index is 419. The fourth-order valence-electron chi connectivity index (χ4n) is 0.882. The maximum atomic E-state index is 12.6. The van der Waals surface area contributed by atoms with Crippen LogP contribution < -0.4 is 5.73 Å². The summed E-state index contributed by atoms with van der Waals surface area (Å²) in [5.74, 6) is -0.922. The van der Waals surface area contributed by atoms with Crippen molar-refractivity contribution in [3.05, 3.63) is 29.6 Å². The van der Waals surface area contributed by atoms with Gasteiger partial charge in [-0.2, -0.15) is 0 Å². The van der Waals surface area contributed by atoms with Crippen LogP contribution in [-0.2, 0) is 14.8 Å². The van der Waals surface area contributed by atoms with Crippen LogP contribution >= 0.6 is 10.7 Å². The number of halogens is 2. The summed E-state index contributed by atoms with van der Waals surface area (Å²) in [6.45, 7) is 0. The largest absolute Gasteiger partial charge is 0.396 e. The summed E-state index contributed by atoms with van der Waals surface area (Å²) in [7, 11) is 1.38. The van der Waals surface area contributed by atoms with Crippen molar-refractivity contribution in [2.45, 2.75) is 5.75 Å². The number of rotatable bonds is 2. The van der Waals surface area contributed by atoms with Gasteiger partial charge in [0.25, 0.3) is 0 Å². The molecule has 3 nitrogen and oxygen atoms in total. The molecule has 1 aromatic carbocycles. The van der Waals surface area contributed by atoms with Crippen LogP contribution in [0.4, 0.5) is 10.1 Å². The normalized spacial score (nSPS) is 11.5. The summed E-state index contributed by atoms with van der Waals surface area (Å²) in [4.78, 5) is 0. The van der Waals surface area contributed by atoms with Gasteiger partial charge >= 0.3 is 0 Å². The average Bonchev–Trinajstić information content (AvgIpc) is 1.94. The second-order valence-corrected chi connectivity index (χ2v) is 5.32. The Kier molecular flexibility index (Phi) is 2.77. The molecule has 0 fully saturated rings. The first-order valence-corrected chi connectivity index (χ1v) is 5.82. The van der Waals surface area contributed by atoms with Crippen molar-refractivity contribution >= 4 is 25.4 Å². The lowest BCUT2D eigenvalue weighted by Crippen LogP contribution is -1.97. The summed E-state index contributed by atoms with van der Waals surface area (Å²) >= 11 is 0. The van der Waals surface area contributed by atoms with Gasteiger partial charge in [-0.3, -0.25) is 0 Å². The third kappa shape index (κ3) is 3.20. The fourth-order valence-corrected chi connectivity index (χ4v) is 1.84. The second kappa shape index (κ2) is 3.51. The molecule has 0 aliphatic heterocycles. The van der Waals surface area contributed by atoms with Gasteiger partial charge in [0.05, 0.1) is 11.4 Å². The molecule has 0 aliphatic carbocycles. The SMILES string of the molecule is Nc1cc(CS(=O)(=O)Cl)ccc1F. The van der Waals surface area contributed by atoms with Gasteiger partial charge in [-0.15, -0.1) is 0 Å². The third-order valence-electron chi connectivity index (χ3n) is 1.40. The highest BCUT2D eigenvalue weighted by Crippen LogP contribution is 2.15. The van der Waals surface area contributed by atoms with Gasteiger partial charge in [-0.05, 0) is 17.7 Å². The Morgan fingerprint density at radius 2 is 2.08 bits per heavy atom. The molecule has 1 aromatic rings. The molecule has 0 unspecified atom stereocenters. The van der Waals surface area contributed by atoms with Crippen LogP contribution in [0.2, 0.25) is 0 Å². The van der Waals surface area contributed by atoms with Gasteiger partial charge in [0.1, 0.15) is 5.82 Å². The molecular weight excluding hydrogens is 217 g/mol. The van der Waals surface area contributed by atoms with Crippen LogP contribution in [0.25, 0.3) is 0 Å². The van der Waals surface area contributed by atoms with Gasteiger partial charge in [0.15, 0.2) is 0 Å². The van der Waals surface area contributed by atoms with Crippen LogP contribution in [0.15, 0.2) is 18.2 Å². The monoisotopic (exact) mass is 223 g/mol. The zero-order valence-corrected chi connectivity index (χ0v) is 8.07. The number of nitrogens with two attached hydrogens (primary N) is 1. The first kappa shape index (κ1) is 10.3. The van der Waals surface area contributed by atoms with Crippen molar-refractivity contribution in [2.75, 3.05) is 5.73 Å². The van der Waals surface area contributed by atoms with Crippen molar-refractivity contribution in [3.63, 3.8) is 0 Å². The molecule has 6 heteroatoms. The van der Waals surface area contributed by atoms with E-state index in [1.54, 1.807) is 0 Å². The molecule has 0 radical (unpaired) electrons. The Morgan fingerprint density at radius 3 is 2.54 bits per heavy atom. The topological polar surface area (TPSA) is 60.2 Å². The quantitative estimate of drug-likeness (QED) is 0.610. The zero-order valence-electron chi connectivity index (χ0n) is 6.50. The summed E-state index contributed by atoms with van der Waals surface area (Å²) in [6, 6.07) is 3.67. The van der Waals surface area contributed by atoms with E-state index in [1.807, 2.05) is 0 Å². The maximum absolute atomic E-state index is 12.6. The van der Waals surface area contributed by atoms with E-state index in [1.165, 1.54) is 12.1 Å². The Labute approximate surface area is 79.7 Å². The molecule has 0 bridgehead atoms. The summed E-state index contributed by atoms with van der Waals surface area (Å²) in [5, 5.41) is 0. The number of benzene rings is 1. The van der Waals surface area contributed by atoms with E-state index in [9.17, 15) is 12.8 Å². The third-order valence-corrected chi connectivity index (χ3v) is 2.40. The first-order chi connectivity index (χ1) is 5.88. The molecule has 0 spiro atoms. The second-order valence-electron chi connectivity index (χ2n) is 2.54. The smallest absolute Gasteiger partial charge is 0.236 e. The van der Waals surface area contributed by atoms with Crippen molar-refractivity contribution in [3.8, 4) is 0 Å². The van der Waals surface area contributed by atoms with Crippen LogP contribution in [-0.4, -0.2) is 8.42 Å². The Hall–Kier alpha value is -0.810. The summed E-state index contributed by atoms with van der Waals surface area (Å²) < 4.78 is 33.9. The first-order valence-electron chi connectivity index (χ1n) is 3.35. The zero-order chi connectivity index (χ0) is 10.1. The lowest BCUT2D eigenvalue weighted by molar-refractivity contribution is 0.608. The van der Waals surface area contributed by atoms with E-state index >= 15 is 0 Å². The predicted molar refractivity (Wildman–Crippen MR) is 49.3 cm³/mol. The molecule has 0 aliphatic rings. The molecule has 72 valence electrons. The average molecular weight is 224 g/mol.